The van der Waals surface area contributed by atoms with Gasteiger partial charge in [0.25, 0.3) is 0 Å². The molecule has 0 aliphatic heterocycles. The van der Waals surface area contributed by atoms with E-state index in [9.17, 15) is 0 Å². The molecule has 0 saturated heterocycles. The number of aryl methyl sites for hydroxylation is 1. The molecule has 6 aromatic carbocycles. The van der Waals surface area contributed by atoms with Gasteiger partial charge in [0.05, 0.1) is 11.7 Å². The lowest BCUT2D eigenvalue weighted by Crippen LogP contribution is -1.98. The number of hydrogen-bond acceptors (Lipinski definition) is 3. The Morgan fingerprint density at radius 1 is 0.512 bits per heavy atom. The zero-order valence-electron chi connectivity index (χ0n) is 23.5. The van der Waals surface area contributed by atoms with Crippen molar-refractivity contribution in [3.63, 3.8) is 0 Å². The highest BCUT2D eigenvalue weighted by atomic mass is 32.1. The van der Waals surface area contributed by atoms with Crippen LogP contribution in [0.2, 0.25) is 0 Å². The van der Waals surface area contributed by atoms with Crippen LogP contribution in [0.4, 0.5) is 0 Å². The molecule has 9 rings (SSSR count). The maximum absolute atomic E-state index is 4.82. The standard InChI is InChI=1S/C38H26N4S/c1-41-33-13-7-5-11-29(33)31-21-25(15-19-34(31)41)27-17-18-28(38-37(27)39-43-40-38)26-16-20-36-32(22-26)30-12-6-8-14-35(30)42(36)23-24-9-3-2-4-10-24/h2-22H,23H2,1H3. The van der Waals surface area contributed by atoms with E-state index in [4.69, 9.17) is 8.75 Å². The Labute approximate surface area is 252 Å². The third-order valence-corrected chi connectivity index (χ3v) is 9.44. The van der Waals surface area contributed by atoms with Crippen LogP contribution >= 0.6 is 11.7 Å². The predicted octanol–water partition coefficient (Wildman–Crippen LogP) is 9.83. The van der Waals surface area contributed by atoms with Crippen molar-refractivity contribution in [3.8, 4) is 22.3 Å². The van der Waals surface area contributed by atoms with E-state index < -0.39 is 0 Å². The summed E-state index contributed by atoms with van der Waals surface area (Å²) in [6, 6.07) is 46.0. The summed E-state index contributed by atoms with van der Waals surface area (Å²) in [4.78, 5) is 0. The second-order valence-corrected chi connectivity index (χ2v) is 11.8. The lowest BCUT2D eigenvalue weighted by Gasteiger charge is -2.10. The minimum atomic E-state index is 0.834. The summed E-state index contributed by atoms with van der Waals surface area (Å²) in [7, 11) is 2.14. The van der Waals surface area contributed by atoms with E-state index >= 15 is 0 Å². The van der Waals surface area contributed by atoms with E-state index in [1.807, 2.05) is 0 Å². The normalized spacial score (nSPS) is 11.9. The van der Waals surface area contributed by atoms with Crippen LogP contribution in [0.25, 0.3) is 76.9 Å². The van der Waals surface area contributed by atoms with Crippen molar-refractivity contribution >= 4 is 66.4 Å². The van der Waals surface area contributed by atoms with Gasteiger partial charge < -0.3 is 9.13 Å². The minimum Gasteiger partial charge on any atom is -0.344 e. The van der Waals surface area contributed by atoms with Crippen LogP contribution < -0.4 is 0 Å². The van der Waals surface area contributed by atoms with E-state index in [0.717, 1.165) is 39.8 Å². The van der Waals surface area contributed by atoms with Gasteiger partial charge in [-0.1, -0.05) is 91.0 Å². The van der Waals surface area contributed by atoms with Gasteiger partial charge >= 0.3 is 0 Å². The number of hydrogen-bond donors (Lipinski definition) is 0. The van der Waals surface area contributed by atoms with Crippen LogP contribution in [-0.4, -0.2) is 17.9 Å². The number of aromatic nitrogens is 4. The fourth-order valence-electron chi connectivity index (χ4n) is 6.83. The summed E-state index contributed by atoms with van der Waals surface area (Å²) in [5.74, 6) is 0. The summed E-state index contributed by atoms with van der Waals surface area (Å²) in [5, 5.41) is 5.05. The van der Waals surface area contributed by atoms with Crippen LogP contribution in [0.3, 0.4) is 0 Å². The summed E-state index contributed by atoms with van der Waals surface area (Å²) in [6.07, 6.45) is 0. The fraction of sp³-hybridized carbons (Fsp3) is 0.0526. The molecule has 204 valence electrons. The molecule has 0 aliphatic rings. The van der Waals surface area contributed by atoms with Crippen LogP contribution in [0.5, 0.6) is 0 Å². The highest BCUT2D eigenvalue weighted by Crippen LogP contribution is 2.39. The van der Waals surface area contributed by atoms with Crippen molar-refractivity contribution in [2.45, 2.75) is 6.54 Å². The Balaban J connectivity index is 1.19. The SMILES string of the molecule is Cn1c2ccccc2c2cc(-c3ccc(-c4ccc5c(c4)c4ccccc4n5Cc4ccccc4)c4nsnc34)ccc21. The zero-order chi connectivity index (χ0) is 28.5. The second-order valence-electron chi connectivity index (χ2n) is 11.3. The lowest BCUT2D eigenvalue weighted by molar-refractivity contribution is 0.869. The van der Waals surface area contributed by atoms with Crippen molar-refractivity contribution in [1.82, 2.24) is 17.9 Å². The monoisotopic (exact) mass is 570 g/mol. The summed E-state index contributed by atoms with van der Waals surface area (Å²) >= 11 is 1.28. The number of fused-ring (bicyclic) bond motifs is 7. The highest BCUT2D eigenvalue weighted by Gasteiger charge is 2.17. The van der Waals surface area contributed by atoms with Gasteiger partial charge in [-0.2, -0.15) is 8.75 Å². The lowest BCUT2D eigenvalue weighted by atomic mass is 9.96. The Morgan fingerprint density at radius 3 is 1.72 bits per heavy atom. The Morgan fingerprint density at radius 2 is 1.02 bits per heavy atom. The van der Waals surface area contributed by atoms with E-state index in [1.165, 1.54) is 60.9 Å². The molecule has 0 amide bonds. The van der Waals surface area contributed by atoms with Crippen LogP contribution in [0.1, 0.15) is 5.56 Å². The van der Waals surface area contributed by atoms with Crippen molar-refractivity contribution in [2.24, 2.45) is 7.05 Å². The van der Waals surface area contributed by atoms with Crippen molar-refractivity contribution < 1.29 is 0 Å². The van der Waals surface area contributed by atoms with Gasteiger partial charge in [0.15, 0.2) is 0 Å². The van der Waals surface area contributed by atoms with Crippen molar-refractivity contribution in [2.75, 3.05) is 0 Å². The minimum absolute atomic E-state index is 0.834. The quantitative estimate of drug-likeness (QED) is 0.211. The first kappa shape index (κ1) is 24.3. The van der Waals surface area contributed by atoms with E-state index in [-0.39, 0.29) is 0 Å². The molecule has 0 spiro atoms. The molecule has 0 bridgehead atoms. The summed E-state index contributed by atoms with van der Waals surface area (Å²) < 4.78 is 14.3. The average molecular weight is 571 g/mol. The first-order chi connectivity index (χ1) is 21.2. The summed E-state index contributed by atoms with van der Waals surface area (Å²) in [5.41, 5.74) is 12.7. The van der Waals surface area contributed by atoms with E-state index in [2.05, 4.69) is 144 Å². The number of para-hydroxylation sites is 2. The molecule has 5 heteroatoms. The first-order valence-electron chi connectivity index (χ1n) is 14.5. The third kappa shape index (κ3) is 3.68. The third-order valence-electron chi connectivity index (χ3n) is 8.91. The van der Waals surface area contributed by atoms with Gasteiger partial charge in [0, 0.05) is 68.3 Å². The van der Waals surface area contributed by atoms with Crippen LogP contribution in [0, 0.1) is 0 Å². The van der Waals surface area contributed by atoms with Gasteiger partial charge in [-0.25, -0.2) is 0 Å². The van der Waals surface area contributed by atoms with Gasteiger partial charge in [-0.05, 0) is 53.1 Å². The Kier molecular flexibility index (Phi) is 5.31. The zero-order valence-corrected chi connectivity index (χ0v) is 24.3. The molecule has 3 heterocycles. The summed E-state index contributed by atoms with van der Waals surface area (Å²) in [6.45, 7) is 0.834. The van der Waals surface area contributed by atoms with E-state index in [0.29, 0.717) is 0 Å². The molecule has 43 heavy (non-hydrogen) atoms. The molecule has 0 saturated carbocycles. The molecule has 0 unspecified atom stereocenters. The molecule has 9 aromatic rings. The van der Waals surface area contributed by atoms with Crippen LogP contribution in [-0.2, 0) is 13.6 Å². The maximum atomic E-state index is 4.82. The average Bonchev–Trinajstić information content (AvgIpc) is 3.75. The molecule has 0 atom stereocenters. The molecular formula is C38H26N4S. The largest absolute Gasteiger partial charge is 0.344 e. The molecule has 0 N–H and O–H groups in total. The predicted molar refractivity (Wildman–Crippen MR) is 181 cm³/mol. The van der Waals surface area contributed by atoms with Gasteiger partial charge in [0.2, 0.25) is 0 Å². The maximum Gasteiger partial charge on any atom is 0.113 e. The molecule has 0 radical (unpaired) electrons. The van der Waals surface area contributed by atoms with Gasteiger partial charge in [-0.15, -0.1) is 0 Å². The first-order valence-corrected chi connectivity index (χ1v) is 15.3. The van der Waals surface area contributed by atoms with Crippen LogP contribution in [0.15, 0.2) is 127 Å². The molecule has 0 fully saturated rings. The van der Waals surface area contributed by atoms with Gasteiger partial charge in [0.1, 0.15) is 11.0 Å². The van der Waals surface area contributed by atoms with Gasteiger partial charge in [-0.3, -0.25) is 0 Å². The molecule has 0 aliphatic carbocycles. The fourth-order valence-corrected chi connectivity index (χ4v) is 7.40. The Hall–Kier alpha value is -5.26. The molecular weight excluding hydrogens is 545 g/mol. The van der Waals surface area contributed by atoms with Crippen molar-refractivity contribution in [1.29, 1.82) is 0 Å². The second kappa shape index (κ2) is 9.38. The topological polar surface area (TPSA) is 35.6 Å². The Bertz CT molecular complexity index is 2500. The number of nitrogens with zero attached hydrogens (tertiary/aromatic N) is 4. The van der Waals surface area contributed by atoms with E-state index in [1.54, 1.807) is 0 Å². The smallest absolute Gasteiger partial charge is 0.113 e. The van der Waals surface area contributed by atoms with Crippen molar-refractivity contribution in [3.05, 3.63) is 133 Å². The highest BCUT2D eigenvalue weighted by molar-refractivity contribution is 7.00. The molecule has 4 nitrogen and oxygen atoms in total. The number of benzene rings is 6. The number of rotatable bonds is 4. The molecule has 3 aromatic heterocycles.